The Kier molecular flexibility index (Phi) is 2.85. The van der Waals surface area contributed by atoms with Gasteiger partial charge in [0, 0.05) is 34.6 Å². The molecule has 1 heterocycles. The van der Waals surface area contributed by atoms with Crippen molar-refractivity contribution in [2.24, 2.45) is 0 Å². The molecule has 1 N–H and O–H groups in total. The fourth-order valence-corrected chi connectivity index (χ4v) is 2.75. The monoisotopic (exact) mass is 271 g/mol. The zero-order valence-corrected chi connectivity index (χ0v) is 11.6. The second-order valence-electron chi connectivity index (χ2n) is 5.80. The molecule has 0 amide bonds. The molecule has 5 heteroatoms. The predicted octanol–water partition coefficient (Wildman–Crippen LogP) is 3.81. The minimum absolute atomic E-state index is 0.108. The summed E-state index contributed by atoms with van der Waals surface area (Å²) in [5.41, 5.74) is 2.04. The number of nitro groups is 1. The number of non-ortho nitro benzene ring substituents is 1. The highest BCUT2D eigenvalue weighted by Gasteiger charge is 2.32. The topological polar surface area (TPSA) is 68.1 Å². The number of anilines is 1. The number of nitrogens with one attached hydrogen (secondary N) is 1. The molecule has 0 saturated heterocycles. The molecule has 1 fully saturated rings. The first kappa shape index (κ1) is 12.8. The number of aryl methyl sites for hydroxylation is 1. The van der Waals surface area contributed by atoms with Crippen molar-refractivity contribution in [2.45, 2.75) is 38.6 Å². The van der Waals surface area contributed by atoms with E-state index in [9.17, 15) is 10.1 Å². The highest BCUT2D eigenvalue weighted by molar-refractivity contribution is 5.99. The number of pyridine rings is 1. The predicted molar refractivity (Wildman–Crippen MR) is 79.0 cm³/mol. The molecule has 104 valence electrons. The smallest absolute Gasteiger partial charge is 0.278 e. The summed E-state index contributed by atoms with van der Waals surface area (Å²) < 4.78 is 0. The van der Waals surface area contributed by atoms with Crippen LogP contribution in [0.4, 0.5) is 11.4 Å². The normalized spacial score (nSPS) is 16.7. The minimum Gasteiger partial charge on any atom is -0.379 e. The molecule has 1 saturated carbocycles. The summed E-state index contributed by atoms with van der Waals surface area (Å²) >= 11 is 0. The van der Waals surface area contributed by atoms with E-state index in [0.29, 0.717) is 5.39 Å². The average Bonchev–Trinajstić information content (AvgIpc) is 2.37. The third-order valence-electron chi connectivity index (χ3n) is 4.10. The van der Waals surface area contributed by atoms with Crippen molar-refractivity contribution in [1.29, 1.82) is 0 Å². The molecular formula is C15H17N3O2. The SMILES string of the molecule is Cc1cc2c(NC3(C)CCC3)ccc([N+](=O)[O-])c2cn1. The van der Waals surface area contributed by atoms with Gasteiger partial charge in [-0.05, 0) is 45.2 Å². The summed E-state index contributed by atoms with van der Waals surface area (Å²) in [5.74, 6) is 0. The standard InChI is InChI=1S/C15H17N3O2/c1-10-8-11-12(9-16-10)14(18(19)20)5-4-13(11)17-15(2)6-3-7-15/h4-5,8-9,17H,3,6-7H2,1-2H3. The largest absolute Gasteiger partial charge is 0.379 e. The van der Waals surface area contributed by atoms with Crippen molar-refractivity contribution in [2.75, 3.05) is 5.32 Å². The third kappa shape index (κ3) is 2.09. The zero-order chi connectivity index (χ0) is 14.3. The Morgan fingerprint density at radius 3 is 2.70 bits per heavy atom. The summed E-state index contributed by atoms with van der Waals surface area (Å²) in [6, 6.07) is 5.28. The molecule has 1 aliphatic carbocycles. The molecule has 0 atom stereocenters. The van der Waals surface area contributed by atoms with E-state index in [1.165, 1.54) is 6.42 Å². The van der Waals surface area contributed by atoms with E-state index in [1.54, 1.807) is 12.3 Å². The van der Waals surface area contributed by atoms with Gasteiger partial charge >= 0.3 is 0 Å². The van der Waals surface area contributed by atoms with Crippen LogP contribution in [-0.4, -0.2) is 15.4 Å². The Morgan fingerprint density at radius 2 is 2.10 bits per heavy atom. The molecule has 3 rings (SSSR count). The van der Waals surface area contributed by atoms with Gasteiger partial charge in [0.2, 0.25) is 0 Å². The Hall–Kier alpha value is -2.17. The number of hydrogen-bond acceptors (Lipinski definition) is 4. The fourth-order valence-electron chi connectivity index (χ4n) is 2.75. The highest BCUT2D eigenvalue weighted by atomic mass is 16.6. The molecule has 0 radical (unpaired) electrons. The highest BCUT2D eigenvalue weighted by Crippen LogP contribution is 2.38. The van der Waals surface area contributed by atoms with Crippen LogP contribution in [0.15, 0.2) is 24.4 Å². The zero-order valence-electron chi connectivity index (χ0n) is 11.6. The van der Waals surface area contributed by atoms with Crippen LogP contribution in [0.25, 0.3) is 10.8 Å². The van der Waals surface area contributed by atoms with Crippen molar-refractivity contribution in [3.8, 4) is 0 Å². The molecule has 0 unspecified atom stereocenters. The molecule has 1 aromatic carbocycles. The van der Waals surface area contributed by atoms with Crippen molar-refractivity contribution in [1.82, 2.24) is 4.98 Å². The molecule has 2 aromatic rings. The van der Waals surface area contributed by atoms with Crippen LogP contribution in [0.5, 0.6) is 0 Å². The van der Waals surface area contributed by atoms with Gasteiger partial charge in [-0.2, -0.15) is 0 Å². The Labute approximate surface area is 117 Å². The van der Waals surface area contributed by atoms with E-state index < -0.39 is 0 Å². The van der Waals surface area contributed by atoms with Gasteiger partial charge < -0.3 is 5.32 Å². The van der Waals surface area contributed by atoms with Crippen LogP contribution >= 0.6 is 0 Å². The summed E-state index contributed by atoms with van der Waals surface area (Å²) in [5, 5.41) is 16.1. The van der Waals surface area contributed by atoms with Crippen LogP contribution in [0.3, 0.4) is 0 Å². The van der Waals surface area contributed by atoms with Crippen molar-refractivity contribution >= 4 is 22.1 Å². The lowest BCUT2D eigenvalue weighted by molar-refractivity contribution is -0.383. The fraction of sp³-hybridized carbons (Fsp3) is 0.400. The van der Waals surface area contributed by atoms with Gasteiger partial charge in [0.05, 0.1) is 10.3 Å². The first-order chi connectivity index (χ1) is 9.48. The minimum atomic E-state index is -0.353. The van der Waals surface area contributed by atoms with E-state index in [4.69, 9.17) is 0 Å². The summed E-state index contributed by atoms with van der Waals surface area (Å²) in [6.07, 6.45) is 5.09. The lowest BCUT2D eigenvalue weighted by atomic mass is 9.78. The molecule has 0 bridgehead atoms. The number of rotatable bonds is 3. The van der Waals surface area contributed by atoms with Gasteiger partial charge in [0.15, 0.2) is 0 Å². The van der Waals surface area contributed by atoms with Crippen molar-refractivity contribution in [3.05, 3.63) is 40.2 Å². The third-order valence-corrected chi connectivity index (χ3v) is 4.10. The molecule has 5 nitrogen and oxygen atoms in total. The molecule has 0 spiro atoms. The van der Waals surface area contributed by atoms with E-state index in [-0.39, 0.29) is 16.1 Å². The van der Waals surface area contributed by atoms with Crippen LogP contribution in [0.2, 0.25) is 0 Å². The first-order valence-electron chi connectivity index (χ1n) is 6.80. The quantitative estimate of drug-likeness (QED) is 0.681. The van der Waals surface area contributed by atoms with Gasteiger partial charge in [-0.25, -0.2) is 0 Å². The molecular weight excluding hydrogens is 254 g/mol. The van der Waals surface area contributed by atoms with Crippen LogP contribution in [-0.2, 0) is 0 Å². The van der Waals surface area contributed by atoms with Crippen LogP contribution < -0.4 is 5.32 Å². The number of aromatic nitrogens is 1. The van der Waals surface area contributed by atoms with Gasteiger partial charge in [0.1, 0.15) is 0 Å². The number of fused-ring (bicyclic) bond motifs is 1. The van der Waals surface area contributed by atoms with Crippen LogP contribution in [0.1, 0.15) is 31.9 Å². The van der Waals surface area contributed by atoms with Crippen molar-refractivity contribution < 1.29 is 4.92 Å². The lowest BCUT2D eigenvalue weighted by Gasteiger charge is -2.40. The van der Waals surface area contributed by atoms with Gasteiger partial charge in [-0.3, -0.25) is 15.1 Å². The molecule has 1 aromatic heterocycles. The average molecular weight is 271 g/mol. The second kappa shape index (κ2) is 4.44. The second-order valence-corrected chi connectivity index (χ2v) is 5.80. The van der Waals surface area contributed by atoms with Gasteiger partial charge in [-0.15, -0.1) is 0 Å². The number of nitrogens with zero attached hydrogens (tertiary/aromatic N) is 2. The lowest BCUT2D eigenvalue weighted by Crippen LogP contribution is -2.41. The Balaban J connectivity index is 2.15. The Morgan fingerprint density at radius 1 is 1.35 bits per heavy atom. The van der Waals surface area contributed by atoms with E-state index in [0.717, 1.165) is 29.6 Å². The van der Waals surface area contributed by atoms with E-state index in [1.807, 2.05) is 19.1 Å². The summed E-state index contributed by atoms with van der Waals surface area (Å²) in [7, 11) is 0. The maximum Gasteiger partial charge on any atom is 0.278 e. The molecule has 0 aliphatic heterocycles. The number of hydrogen-bond donors (Lipinski definition) is 1. The maximum atomic E-state index is 11.1. The number of benzene rings is 1. The summed E-state index contributed by atoms with van der Waals surface area (Å²) in [4.78, 5) is 15.0. The molecule has 20 heavy (non-hydrogen) atoms. The Bertz CT molecular complexity index is 693. The van der Waals surface area contributed by atoms with E-state index in [2.05, 4.69) is 17.2 Å². The number of nitro benzene ring substituents is 1. The first-order valence-corrected chi connectivity index (χ1v) is 6.80. The van der Waals surface area contributed by atoms with Gasteiger partial charge in [-0.1, -0.05) is 0 Å². The van der Waals surface area contributed by atoms with Crippen LogP contribution in [0, 0.1) is 17.0 Å². The molecule has 1 aliphatic rings. The van der Waals surface area contributed by atoms with Crippen molar-refractivity contribution in [3.63, 3.8) is 0 Å². The summed E-state index contributed by atoms with van der Waals surface area (Å²) in [6.45, 7) is 4.09. The van der Waals surface area contributed by atoms with E-state index >= 15 is 0 Å². The van der Waals surface area contributed by atoms with Gasteiger partial charge in [0.25, 0.3) is 5.69 Å². The maximum absolute atomic E-state index is 11.1.